The molecule has 0 unspecified atom stereocenters. The van der Waals surface area contributed by atoms with Crippen LogP contribution in [0, 0.1) is 6.92 Å². The molecule has 6 nitrogen and oxygen atoms in total. The second-order valence-corrected chi connectivity index (χ2v) is 5.71. The van der Waals surface area contributed by atoms with Gasteiger partial charge in [0, 0.05) is 23.9 Å². The molecule has 0 spiro atoms. The van der Waals surface area contributed by atoms with E-state index in [0.29, 0.717) is 33.5 Å². The number of nitrogens with one attached hydrogen (secondary N) is 2. The fourth-order valence-electron chi connectivity index (χ4n) is 2.39. The Labute approximate surface area is 143 Å². The molecule has 3 rings (SSSR count). The van der Waals surface area contributed by atoms with Crippen molar-refractivity contribution in [1.29, 1.82) is 0 Å². The van der Waals surface area contributed by atoms with Gasteiger partial charge in [0.2, 0.25) is 12.7 Å². The highest BCUT2D eigenvalue weighted by molar-refractivity contribution is 6.32. The molecular formula is C17H15ClN2O4. The Morgan fingerprint density at radius 3 is 2.54 bits per heavy atom. The Morgan fingerprint density at radius 1 is 1.12 bits per heavy atom. The van der Waals surface area contributed by atoms with Gasteiger partial charge in [-0.3, -0.25) is 9.59 Å². The van der Waals surface area contributed by atoms with E-state index in [1.54, 1.807) is 24.3 Å². The molecule has 0 fully saturated rings. The molecule has 124 valence electrons. The van der Waals surface area contributed by atoms with Gasteiger partial charge in [-0.05, 0) is 36.8 Å². The number of ether oxygens (including phenoxy) is 2. The lowest BCUT2D eigenvalue weighted by atomic mass is 10.1. The Balaban J connectivity index is 1.85. The number of rotatable bonds is 3. The van der Waals surface area contributed by atoms with Crippen LogP contribution >= 0.6 is 11.6 Å². The quantitative estimate of drug-likeness (QED) is 0.890. The molecule has 0 saturated heterocycles. The van der Waals surface area contributed by atoms with Crippen molar-refractivity contribution >= 4 is 34.8 Å². The third-order valence-electron chi connectivity index (χ3n) is 3.58. The molecule has 2 aromatic carbocycles. The van der Waals surface area contributed by atoms with Gasteiger partial charge in [-0.2, -0.15) is 0 Å². The number of benzene rings is 2. The standard InChI is InChI=1S/C17H15ClN2O4/c1-9-13(19-10(2)21)4-3-5-14(9)20-17(22)11-6-12(18)16-15(7-11)23-8-24-16/h3-7H,8H2,1-2H3,(H,19,21)(H,20,22). The molecule has 0 aromatic heterocycles. The lowest BCUT2D eigenvalue weighted by molar-refractivity contribution is -0.114. The highest BCUT2D eigenvalue weighted by atomic mass is 35.5. The lowest BCUT2D eigenvalue weighted by Gasteiger charge is -2.13. The van der Waals surface area contributed by atoms with Crippen LogP contribution in [-0.4, -0.2) is 18.6 Å². The van der Waals surface area contributed by atoms with Crippen molar-refractivity contribution in [2.75, 3.05) is 17.4 Å². The summed E-state index contributed by atoms with van der Waals surface area (Å²) in [6.45, 7) is 3.32. The monoisotopic (exact) mass is 346 g/mol. The number of fused-ring (bicyclic) bond motifs is 1. The number of anilines is 2. The minimum atomic E-state index is -0.335. The predicted molar refractivity (Wildman–Crippen MR) is 91.0 cm³/mol. The summed E-state index contributed by atoms with van der Waals surface area (Å²) in [6.07, 6.45) is 0. The van der Waals surface area contributed by atoms with Crippen molar-refractivity contribution in [2.45, 2.75) is 13.8 Å². The van der Waals surface area contributed by atoms with Crippen molar-refractivity contribution < 1.29 is 19.1 Å². The molecule has 0 bridgehead atoms. The molecule has 7 heteroatoms. The number of carbonyl (C=O) groups excluding carboxylic acids is 2. The highest BCUT2D eigenvalue weighted by Crippen LogP contribution is 2.40. The van der Waals surface area contributed by atoms with Gasteiger partial charge in [0.05, 0.1) is 5.02 Å². The van der Waals surface area contributed by atoms with E-state index in [0.717, 1.165) is 5.56 Å². The van der Waals surface area contributed by atoms with E-state index in [1.807, 2.05) is 6.92 Å². The summed E-state index contributed by atoms with van der Waals surface area (Å²) in [6, 6.07) is 8.38. The van der Waals surface area contributed by atoms with Crippen molar-refractivity contribution in [3.8, 4) is 11.5 Å². The third-order valence-corrected chi connectivity index (χ3v) is 3.86. The second-order valence-electron chi connectivity index (χ2n) is 5.31. The van der Waals surface area contributed by atoms with E-state index in [-0.39, 0.29) is 18.6 Å². The molecule has 24 heavy (non-hydrogen) atoms. The fourth-order valence-corrected chi connectivity index (χ4v) is 2.65. The molecule has 0 aliphatic carbocycles. The van der Waals surface area contributed by atoms with Crippen LogP contribution in [0.3, 0.4) is 0 Å². The molecule has 2 aromatic rings. The van der Waals surface area contributed by atoms with Crippen LogP contribution in [0.4, 0.5) is 11.4 Å². The molecular weight excluding hydrogens is 332 g/mol. The summed E-state index contributed by atoms with van der Waals surface area (Å²) >= 11 is 6.10. The maximum Gasteiger partial charge on any atom is 0.255 e. The Kier molecular flexibility index (Phi) is 4.31. The van der Waals surface area contributed by atoms with Crippen molar-refractivity contribution in [1.82, 2.24) is 0 Å². The number of hydrogen-bond donors (Lipinski definition) is 2. The average Bonchev–Trinajstić information content (AvgIpc) is 3.00. The van der Waals surface area contributed by atoms with E-state index >= 15 is 0 Å². The van der Waals surface area contributed by atoms with Crippen LogP contribution < -0.4 is 20.1 Å². The maximum absolute atomic E-state index is 12.5. The van der Waals surface area contributed by atoms with Gasteiger partial charge in [0.15, 0.2) is 11.5 Å². The van der Waals surface area contributed by atoms with E-state index < -0.39 is 0 Å². The zero-order valence-corrected chi connectivity index (χ0v) is 13.9. The van der Waals surface area contributed by atoms with E-state index in [1.165, 1.54) is 13.0 Å². The Hall–Kier alpha value is -2.73. The summed E-state index contributed by atoms with van der Waals surface area (Å²) < 4.78 is 10.5. The highest BCUT2D eigenvalue weighted by Gasteiger charge is 2.21. The second kappa shape index (κ2) is 6.41. The zero-order valence-electron chi connectivity index (χ0n) is 13.1. The minimum Gasteiger partial charge on any atom is -0.454 e. The molecule has 1 aliphatic rings. The zero-order chi connectivity index (χ0) is 17.3. The number of amides is 2. The molecule has 2 amide bonds. The molecule has 0 radical (unpaired) electrons. The lowest BCUT2D eigenvalue weighted by Crippen LogP contribution is -2.14. The van der Waals surface area contributed by atoms with E-state index in [4.69, 9.17) is 21.1 Å². The van der Waals surface area contributed by atoms with Crippen LogP contribution in [-0.2, 0) is 4.79 Å². The first-order valence-electron chi connectivity index (χ1n) is 7.23. The van der Waals surface area contributed by atoms with Gasteiger partial charge in [0.25, 0.3) is 5.91 Å². The van der Waals surface area contributed by atoms with E-state index in [9.17, 15) is 9.59 Å². The van der Waals surface area contributed by atoms with Crippen LogP contribution in [0.15, 0.2) is 30.3 Å². The van der Waals surface area contributed by atoms with Crippen LogP contribution in [0.2, 0.25) is 5.02 Å². The molecule has 2 N–H and O–H groups in total. The third kappa shape index (κ3) is 3.14. The van der Waals surface area contributed by atoms with Gasteiger partial charge >= 0.3 is 0 Å². The predicted octanol–water partition coefficient (Wildman–Crippen LogP) is 3.59. The molecule has 1 aliphatic heterocycles. The maximum atomic E-state index is 12.5. The van der Waals surface area contributed by atoms with Crippen molar-refractivity contribution in [2.24, 2.45) is 0 Å². The summed E-state index contributed by atoms with van der Waals surface area (Å²) in [4.78, 5) is 23.7. The van der Waals surface area contributed by atoms with Gasteiger partial charge < -0.3 is 20.1 Å². The number of hydrogen-bond acceptors (Lipinski definition) is 4. The first-order valence-corrected chi connectivity index (χ1v) is 7.61. The van der Waals surface area contributed by atoms with Crippen molar-refractivity contribution in [3.05, 3.63) is 46.5 Å². The topological polar surface area (TPSA) is 76.7 Å². The summed E-state index contributed by atoms with van der Waals surface area (Å²) in [5.74, 6) is 0.371. The van der Waals surface area contributed by atoms with Crippen LogP contribution in [0.1, 0.15) is 22.8 Å². The van der Waals surface area contributed by atoms with E-state index in [2.05, 4.69) is 10.6 Å². The van der Waals surface area contributed by atoms with Gasteiger partial charge in [-0.1, -0.05) is 17.7 Å². The smallest absolute Gasteiger partial charge is 0.255 e. The summed E-state index contributed by atoms with van der Waals surface area (Å²) in [7, 11) is 0. The molecule has 0 saturated carbocycles. The molecule has 1 heterocycles. The average molecular weight is 347 g/mol. The Bertz CT molecular complexity index is 836. The summed E-state index contributed by atoms with van der Waals surface area (Å²) in [5, 5.41) is 5.85. The SMILES string of the molecule is CC(=O)Nc1cccc(NC(=O)c2cc(Cl)c3c(c2)OCO3)c1C. The normalized spacial score (nSPS) is 12.0. The molecule has 0 atom stereocenters. The van der Waals surface area contributed by atoms with Gasteiger partial charge in [-0.15, -0.1) is 0 Å². The largest absolute Gasteiger partial charge is 0.454 e. The van der Waals surface area contributed by atoms with Crippen LogP contribution in [0.25, 0.3) is 0 Å². The number of carbonyl (C=O) groups is 2. The first-order chi connectivity index (χ1) is 11.5. The van der Waals surface area contributed by atoms with Gasteiger partial charge in [0.1, 0.15) is 0 Å². The van der Waals surface area contributed by atoms with Crippen LogP contribution in [0.5, 0.6) is 11.5 Å². The Morgan fingerprint density at radius 2 is 1.83 bits per heavy atom. The first kappa shape index (κ1) is 16.1. The van der Waals surface area contributed by atoms with Crippen molar-refractivity contribution in [3.63, 3.8) is 0 Å². The van der Waals surface area contributed by atoms with Gasteiger partial charge in [-0.25, -0.2) is 0 Å². The minimum absolute atomic E-state index is 0.0813. The summed E-state index contributed by atoms with van der Waals surface area (Å²) in [5.41, 5.74) is 2.35. The number of halogens is 1. The fraction of sp³-hybridized carbons (Fsp3) is 0.176.